The van der Waals surface area contributed by atoms with E-state index in [2.05, 4.69) is 17.6 Å². The molecule has 0 saturated heterocycles. The fraction of sp³-hybridized carbons (Fsp3) is 0.900. The molecule has 0 heterocycles. The molecule has 90 valence electrons. The Kier molecular flexibility index (Phi) is 9.21. The van der Waals surface area contributed by atoms with Crippen molar-refractivity contribution in [2.24, 2.45) is 0 Å². The molecular formula is C10H22N2O3. The Balaban J connectivity index is 3.76. The first-order chi connectivity index (χ1) is 7.24. The highest BCUT2D eigenvalue weighted by Crippen LogP contribution is 2.00. The van der Waals surface area contributed by atoms with Gasteiger partial charge in [0.25, 0.3) is 0 Å². The molecule has 0 bridgehead atoms. The van der Waals surface area contributed by atoms with Crippen LogP contribution >= 0.6 is 0 Å². The van der Waals surface area contributed by atoms with Crippen LogP contribution in [0.3, 0.4) is 0 Å². The van der Waals surface area contributed by atoms with E-state index in [4.69, 9.17) is 9.84 Å². The number of urea groups is 1. The number of hydrogen-bond acceptors (Lipinski definition) is 3. The molecule has 1 atom stereocenters. The van der Waals surface area contributed by atoms with Gasteiger partial charge in [-0.2, -0.15) is 0 Å². The van der Waals surface area contributed by atoms with E-state index in [1.54, 1.807) is 7.11 Å². The summed E-state index contributed by atoms with van der Waals surface area (Å²) in [7, 11) is 1.62. The minimum absolute atomic E-state index is 0.0443. The molecular weight excluding hydrogens is 196 g/mol. The maximum Gasteiger partial charge on any atom is 0.315 e. The SMILES string of the molecule is CCCCC(COC)NC(=O)NCCO. The van der Waals surface area contributed by atoms with Crippen molar-refractivity contribution in [1.29, 1.82) is 0 Å². The van der Waals surface area contributed by atoms with Crippen LogP contribution in [0.4, 0.5) is 4.79 Å². The predicted molar refractivity (Wildman–Crippen MR) is 58.8 cm³/mol. The van der Waals surface area contributed by atoms with Crippen molar-refractivity contribution in [1.82, 2.24) is 10.6 Å². The van der Waals surface area contributed by atoms with E-state index in [0.717, 1.165) is 19.3 Å². The molecule has 0 aromatic heterocycles. The van der Waals surface area contributed by atoms with Crippen LogP contribution in [0.1, 0.15) is 26.2 Å². The molecule has 0 aliphatic rings. The Morgan fingerprint density at radius 3 is 2.80 bits per heavy atom. The first-order valence-electron chi connectivity index (χ1n) is 5.38. The molecule has 0 saturated carbocycles. The highest BCUT2D eigenvalue weighted by Gasteiger charge is 2.10. The number of ether oxygens (including phenoxy) is 1. The second-order valence-corrected chi connectivity index (χ2v) is 3.42. The van der Waals surface area contributed by atoms with Crippen molar-refractivity contribution in [2.45, 2.75) is 32.2 Å². The Hall–Kier alpha value is -0.810. The maximum atomic E-state index is 11.3. The fourth-order valence-corrected chi connectivity index (χ4v) is 1.25. The largest absolute Gasteiger partial charge is 0.395 e. The van der Waals surface area contributed by atoms with Crippen molar-refractivity contribution in [3.8, 4) is 0 Å². The lowest BCUT2D eigenvalue weighted by atomic mass is 10.1. The quantitative estimate of drug-likeness (QED) is 0.555. The van der Waals surface area contributed by atoms with E-state index in [1.165, 1.54) is 0 Å². The van der Waals surface area contributed by atoms with Crippen molar-refractivity contribution in [3.05, 3.63) is 0 Å². The number of carbonyl (C=O) groups is 1. The summed E-state index contributed by atoms with van der Waals surface area (Å²) < 4.78 is 5.01. The molecule has 2 amide bonds. The summed E-state index contributed by atoms with van der Waals surface area (Å²) in [5.74, 6) is 0. The van der Waals surface area contributed by atoms with Crippen molar-refractivity contribution in [3.63, 3.8) is 0 Å². The van der Waals surface area contributed by atoms with Gasteiger partial charge in [0.05, 0.1) is 19.3 Å². The van der Waals surface area contributed by atoms with Crippen LogP contribution in [-0.2, 0) is 4.74 Å². The van der Waals surface area contributed by atoms with Crippen LogP contribution in [0.5, 0.6) is 0 Å². The van der Waals surface area contributed by atoms with Crippen LogP contribution in [0.2, 0.25) is 0 Å². The van der Waals surface area contributed by atoms with Crippen molar-refractivity contribution < 1.29 is 14.6 Å². The van der Waals surface area contributed by atoms with E-state index >= 15 is 0 Å². The molecule has 3 N–H and O–H groups in total. The van der Waals surface area contributed by atoms with Gasteiger partial charge in [0.15, 0.2) is 0 Å². The molecule has 15 heavy (non-hydrogen) atoms. The Labute approximate surface area is 91.2 Å². The van der Waals surface area contributed by atoms with Gasteiger partial charge >= 0.3 is 6.03 Å². The first kappa shape index (κ1) is 14.2. The molecule has 5 nitrogen and oxygen atoms in total. The molecule has 0 fully saturated rings. The lowest BCUT2D eigenvalue weighted by Crippen LogP contribution is -2.44. The number of aliphatic hydroxyl groups is 1. The van der Waals surface area contributed by atoms with Crippen molar-refractivity contribution in [2.75, 3.05) is 26.9 Å². The zero-order chi connectivity index (χ0) is 11.5. The topological polar surface area (TPSA) is 70.6 Å². The van der Waals surface area contributed by atoms with Gasteiger partial charge < -0.3 is 20.5 Å². The molecule has 5 heteroatoms. The highest BCUT2D eigenvalue weighted by molar-refractivity contribution is 5.74. The van der Waals surface area contributed by atoms with Crippen LogP contribution in [0, 0.1) is 0 Å². The summed E-state index contributed by atoms with van der Waals surface area (Å²) in [6, 6.07) is -0.198. The van der Waals surface area contributed by atoms with Gasteiger partial charge in [0.1, 0.15) is 0 Å². The number of nitrogens with one attached hydrogen (secondary N) is 2. The molecule has 0 aromatic carbocycles. The molecule has 0 radical (unpaired) electrons. The Morgan fingerprint density at radius 1 is 1.53 bits per heavy atom. The van der Waals surface area contributed by atoms with E-state index < -0.39 is 0 Å². The minimum Gasteiger partial charge on any atom is -0.395 e. The van der Waals surface area contributed by atoms with Gasteiger partial charge in [0, 0.05) is 13.7 Å². The van der Waals surface area contributed by atoms with Crippen LogP contribution in [0.15, 0.2) is 0 Å². The number of carbonyl (C=O) groups excluding carboxylic acids is 1. The van der Waals surface area contributed by atoms with Gasteiger partial charge in [-0.05, 0) is 6.42 Å². The van der Waals surface area contributed by atoms with E-state index in [1.807, 2.05) is 0 Å². The van der Waals surface area contributed by atoms with Gasteiger partial charge in [0.2, 0.25) is 0 Å². The highest BCUT2D eigenvalue weighted by atomic mass is 16.5. The molecule has 0 aliphatic heterocycles. The number of methoxy groups -OCH3 is 1. The third-order valence-electron chi connectivity index (χ3n) is 2.01. The average molecular weight is 218 g/mol. The van der Waals surface area contributed by atoms with Gasteiger partial charge in [-0.15, -0.1) is 0 Å². The third kappa shape index (κ3) is 8.20. The first-order valence-corrected chi connectivity index (χ1v) is 5.38. The Morgan fingerprint density at radius 2 is 2.27 bits per heavy atom. The monoisotopic (exact) mass is 218 g/mol. The zero-order valence-electron chi connectivity index (χ0n) is 9.58. The number of rotatable bonds is 8. The summed E-state index contributed by atoms with van der Waals surface area (Å²) in [5.41, 5.74) is 0. The van der Waals surface area contributed by atoms with E-state index in [0.29, 0.717) is 6.61 Å². The lowest BCUT2D eigenvalue weighted by molar-refractivity contribution is 0.160. The number of aliphatic hydroxyl groups excluding tert-OH is 1. The minimum atomic E-state index is -0.248. The number of unbranched alkanes of at least 4 members (excludes halogenated alkanes) is 1. The smallest absolute Gasteiger partial charge is 0.315 e. The maximum absolute atomic E-state index is 11.3. The van der Waals surface area contributed by atoms with E-state index in [9.17, 15) is 4.79 Å². The normalized spacial score (nSPS) is 12.2. The van der Waals surface area contributed by atoms with Gasteiger partial charge in [-0.1, -0.05) is 19.8 Å². The standard InChI is InChI=1S/C10H22N2O3/c1-3-4-5-9(8-15-2)12-10(14)11-6-7-13/h9,13H,3-8H2,1-2H3,(H2,11,12,14). The van der Waals surface area contributed by atoms with Crippen LogP contribution in [-0.4, -0.2) is 44.0 Å². The predicted octanol–water partition coefficient (Wildman–Crippen LogP) is 0.483. The third-order valence-corrected chi connectivity index (χ3v) is 2.01. The van der Waals surface area contributed by atoms with E-state index in [-0.39, 0.29) is 25.2 Å². The fourth-order valence-electron chi connectivity index (χ4n) is 1.25. The molecule has 0 rings (SSSR count). The van der Waals surface area contributed by atoms with Gasteiger partial charge in [-0.25, -0.2) is 4.79 Å². The second kappa shape index (κ2) is 9.73. The van der Waals surface area contributed by atoms with Crippen LogP contribution < -0.4 is 10.6 Å². The summed E-state index contributed by atoms with van der Waals surface area (Å²) in [4.78, 5) is 11.3. The molecule has 1 unspecified atom stereocenters. The second-order valence-electron chi connectivity index (χ2n) is 3.42. The van der Waals surface area contributed by atoms with Crippen LogP contribution in [0.25, 0.3) is 0 Å². The molecule has 0 aliphatic carbocycles. The number of amides is 2. The van der Waals surface area contributed by atoms with Crippen molar-refractivity contribution >= 4 is 6.03 Å². The average Bonchev–Trinajstić information content (AvgIpc) is 2.23. The zero-order valence-corrected chi connectivity index (χ0v) is 9.58. The molecule has 0 spiro atoms. The Bertz CT molecular complexity index is 165. The summed E-state index contributed by atoms with van der Waals surface area (Å²) in [6.45, 7) is 2.86. The molecule has 0 aromatic rings. The summed E-state index contributed by atoms with van der Waals surface area (Å²) >= 11 is 0. The summed E-state index contributed by atoms with van der Waals surface area (Å²) in [6.07, 6.45) is 3.07. The number of hydrogen-bond donors (Lipinski definition) is 3. The summed E-state index contributed by atoms with van der Waals surface area (Å²) in [5, 5.41) is 13.9. The van der Waals surface area contributed by atoms with Gasteiger partial charge in [-0.3, -0.25) is 0 Å². The lowest BCUT2D eigenvalue weighted by Gasteiger charge is -2.17.